The zero-order valence-corrected chi connectivity index (χ0v) is 11.8. The van der Waals surface area contributed by atoms with E-state index in [-0.39, 0.29) is 5.91 Å². The number of carbonyl (C=O) groups is 1. The minimum Gasteiger partial charge on any atom is -0.337 e. The largest absolute Gasteiger partial charge is 0.337 e. The van der Waals surface area contributed by atoms with Crippen molar-refractivity contribution in [1.29, 1.82) is 0 Å². The SMILES string of the molecule is O=C(CCn1ccnc1)Nc1cc(Br)ccc1Cl. The second-order valence-electron chi connectivity index (χ2n) is 3.72. The Morgan fingerprint density at radius 1 is 1.50 bits per heavy atom. The number of halogens is 2. The second kappa shape index (κ2) is 6.02. The van der Waals surface area contributed by atoms with E-state index < -0.39 is 0 Å². The molecule has 0 saturated carbocycles. The van der Waals surface area contributed by atoms with Gasteiger partial charge in [-0.3, -0.25) is 4.79 Å². The molecule has 1 aromatic heterocycles. The van der Waals surface area contributed by atoms with E-state index in [0.29, 0.717) is 23.7 Å². The number of aryl methyl sites for hydroxylation is 1. The lowest BCUT2D eigenvalue weighted by Gasteiger charge is -2.08. The van der Waals surface area contributed by atoms with Crippen LogP contribution in [0.3, 0.4) is 0 Å². The van der Waals surface area contributed by atoms with Crippen LogP contribution in [0, 0.1) is 0 Å². The number of carbonyl (C=O) groups excluding carboxylic acids is 1. The minimum absolute atomic E-state index is 0.0799. The number of imidazole rings is 1. The number of aromatic nitrogens is 2. The molecule has 1 amide bonds. The van der Waals surface area contributed by atoms with Gasteiger partial charge in [0.15, 0.2) is 0 Å². The van der Waals surface area contributed by atoms with Gasteiger partial charge in [0, 0.05) is 29.8 Å². The number of hydrogen-bond donors (Lipinski definition) is 1. The van der Waals surface area contributed by atoms with Gasteiger partial charge >= 0.3 is 0 Å². The first-order valence-corrected chi connectivity index (χ1v) is 6.53. The van der Waals surface area contributed by atoms with E-state index in [0.717, 1.165) is 4.47 Å². The molecule has 1 N–H and O–H groups in total. The Morgan fingerprint density at radius 3 is 3.06 bits per heavy atom. The fraction of sp³-hybridized carbons (Fsp3) is 0.167. The number of rotatable bonds is 4. The molecule has 0 spiro atoms. The summed E-state index contributed by atoms with van der Waals surface area (Å²) in [5, 5.41) is 3.30. The molecule has 0 aliphatic rings. The van der Waals surface area contributed by atoms with Crippen LogP contribution in [-0.2, 0) is 11.3 Å². The molecule has 0 saturated heterocycles. The summed E-state index contributed by atoms with van der Waals surface area (Å²) in [5.41, 5.74) is 0.613. The van der Waals surface area contributed by atoms with Crippen molar-refractivity contribution in [3.05, 3.63) is 46.4 Å². The highest BCUT2D eigenvalue weighted by atomic mass is 79.9. The normalized spacial score (nSPS) is 10.3. The monoisotopic (exact) mass is 327 g/mol. The highest BCUT2D eigenvalue weighted by Gasteiger charge is 2.06. The van der Waals surface area contributed by atoms with Crippen LogP contribution in [0.5, 0.6) is 0 Å². The summed E-state index contributed by atoms with van der Waals surface area (Å²) in [6.45, 7) is 0.595. The number of amides is 1. The fourth-order valence-corrected chi connectivity index (χ4v) is 1.98. The van der Waals surface area contributed by atoms with Gasteiger partial charge in [-0.2, -0.15) is 0 Å². The average Bonchev–Trinajstić information content (AvgIpc) is 2.84. The number of nitrogens with zero attached hydrogens (tertiary/aromatic N) is 2. The standard InChI is InChI=1S/C12H11BrClN3O/c13-9-1-2-10(14)11(7-9)16-12(18)3-5-17-6-4-15-8-17/h1-2,4,6-8H,3,5H2,(H,16,18). The first-order valence-electron chi connectivity index (χ1n) is 5.36. The molecule has 0 radical (unpaired) electrons. The number of nitrogens with one attached hydrogen (secondary N) is 1. The highest BCUT2D eigenvalue weighted by Crippen LogP contribution is 2.25. The molecule has 2 aromatic rings. The van der Waals surface area contributed by atoms with Crippen molar-refractivity contribution in [2.75, 3.05) is 5.32 Å². The van der Waals surface area contributed by atoms with Crippen molar-refractivity contribution >= 4 is 39.1 Å². The molecule has 0 bridgehead atoms. The van der Waals surface area contributed by atoms with Crippen LogP contribution in [0.2, 0.25) is 5.02 Å². The lowest BCUT2D eigenvalue weighted by Crippen LogP contribution is -2.14. The van der Waals surface area contributed by atoms with Gasteiger partial charge in [-0.25, -0.2) is 4.98 Å². The summed E-state index contributed by atoms with van der Waals surface area (Å²) in [4.78, 5) is 15.7. The smallest absolute Gasteiger partial charge is 0.226 e. The van der Waals surface area contributed by atoms with Crippen molar-refractivity contribution < 1.29 is 4.79 Å². The lowest BCUT2D eigenvalue weighted by molar-refractivity contribution is -0.116. The van der Waals surface area contributed by atoms with Gasteiger partial charge in [0.25, 0.3) is 0 Å². The maximum atomic E-state index is 11.8. The Morgan fingerprint density at radius 2 is 2.33 bits per heavy atom. The van der Waals surface area contributed by atoms with Gasteiger partial charge in [0.1, 0.15) is 0 Å². The van der Waals surface area contributed by atoms with E-state index >= 15 is 0 Å². The molecule has 0 atom stereocenters. The molecule has 2 rings (SSSR count). The Bertz CT molecular complexity index is 542. The van der Waals surface area contributed by atoms with Crippen LogP contribution in [0.15, 0.2) is 41.4 Å². The third-order valence-corrected chi connectivity index (χ3v) is 3.18. The molecule has 1 aromatic carbocycles. The van der Waals surface area contributed by atoms with Gasteiger partial charge in [-0.05, 0) is 18.2 Å². The summed E-state index contributed by atoms with van der Waals surface area (Å²) in [5.74, 6) is -0.0799. The zero-order chi connectivity index (χ0) is 13.0. The first kappa shape index (κ1) is 13.1. The van der Waals surface area contributed by atoms with Crippen LogP contribution in [-0.4, -0.2) is 15.5 Å². The molecule has 0 fully saturated rings. The van der Waals surface area contributed by atoms with Crippen molar-refractivity contribution in [2.24, 2.45) is 0 Å². The summed E-state index contributed by atoms with van der Waals surface area (Å²) < 4.78 is 2.72. The predicted molar refractivity (Wildman–Crippen MR) is 74.6 cm³/mol. The predicted octanol–water partition coefficient (Wildman–Crippen LogP) is 3.33. The van der Waals surface area contributed by atoms with E-state index in [1.807, 2.05) is 16.8 Å². The first-order chi connectivity index (χ1) is 8.65. The third kappa shape index (κ3) is 3.58. The molecule has 0 aliphatic carbocycles. The molecule has 4 nitrogen and oxygen atoms in total. The third-order valence-electron chi connectivity index (χ3n) is 2.36. The molecule has 1 heterocycles. The van der Waals surface area contributed by atoms with Crippen molar-refractivity contribution in [3.63, 3.8) is 0 Å². The molecular formula is C12H11BrClN3O. The molecule has 0 unspecified atom stereocenters. The van der Waals surface area contributed by atoms with Crippen LogP contribution in [0.1, 0.15) is 6.42 Å². The van der Waals surface area contributed by atoms with Gasteiger partial charge in [-0.1, -0.05) is 27.5 Å². The lowest BCUT2D eigenvalue weighted by atomic mass is 10.3. The Labute approximate surface area is 118 Å². The quantitative estimate of drug-likeness (QED) is 0.936. The van der Waals surface area contributed by atoms with Gasteiger partial charge in [0.05, 0.1) is 17.0 Å². The Hall–Kier alpha value is -1.33. The van der Waals surface area contributed by atoms with Crippen molar-refractivity contribution in [3.8, 4) is 0 Å². The summed E-state index contributed by atoms with van der Waals surface area (Å²) in [7, 11) is 0. The zero-order valence-electron chi connectivity index (χ0n) is 9.44. The molecule has 18 heavy (non-hydrogen) atoms. The van der Waals surface area contributed by atoms with Crippen molar-refractivity contribution in [2.45, 2.75) is 13.0 Å². The fourth-order valence-electron chi connectivity index (χ4n) is 1.46. The Balaban J connectivity index is 1.92. The summed E-state index contributed by atoms with van der Waals surface area (Å²) in [6.07, 6.45) is 5.56. The number of hydrogen-bond acceptors (Lipinski definition) is 2. The van der Waals surface area contributed by atoms with Crippen LogP contribution in [0.25, 0.3) is 0 Å². The van der Waals surface area contributed by atoms with E-state index in [9.17, 15) is 4.79 Å². The topological polar surface area (TPSA) is 46.9 Å². The van der Waals surface area contributed by atoms with Gasteiger partial charge in [0.2, 0.25) is 5.91 Å². The number of anilines is 1. The number of benzene rings is 1. The highest BCUT2D eigenvalue weighted by molar-refractivity contribution is 9.10. The van der Waals surface area contributed by atoms with E-state index in [1.54, 1.807) is 24.7 Å². The minimum atomic E-state index is -0.0799. The van der Waals surface area contributed by atoms with Gasteiger partial charge in [-0.15, -0.1) is 0 Å². The van der Waals surface area contributed by atoms with E-state index in [4.69, 9.17) is 11.6 Å². The Kier molecular flexibility index (Phi) is 4.38. The van der Waals surface area contributed by atoms with E-state index in [1.165, 1.54) is 0 Å². The van der Waals surface area contributed by atoms with Crippen molar-refractivity contribution in [1.82, 2.24) is 9.55 Å². The van der Waals surface area contributed by atoms with Crippen LogP contribution in [0.4, 0.5) is 5.69 Å². The average molecular weight is 329 g/mol. The van der Waals surface area contributed by atoms with Crippen LogP contribution >= 0.6 is 27.5 Å². The molecule has 94 valence electrons. The molecule has 6 heteroatoms. The molecule has 0 aliphatic heterocycles. The van der Waals surface area contributed by atoms with Crippen LogP contribution < -0.4 is 5.32 Å². The molecular weight excluding hydrogens is 318 g/mol. The second-order valence-corrected chi connectivity index (χ2v) is 5.05. The van der Waals surface area contributed by atoms with E-state index in [2.05, 4.69) is 26.2 Å². The maximum Gasteiger partial charge on any atom is 0.226 e. The summed E-state index contributed by atoms with van der Waals surface area (Å²) >= 11 is 9.32. The maximum absolute atomic E-state index is 11.8. The summed E-state index contributed by atoms with van der Waals surface area (Å²) in [6, 6.07) is 5.33. The van der Waals surface area contributed by atoms with Gasteiger partial charge < -0.3 is 9.88 Å².